The first-order valence-electron chi connectivity index (χ1n) is 21.1. The van der Waals surface area contributed by atoms with Crippen LogP contribution in [0.15, 0.2) is 66.7 Å². The Morgan fingerprint density at radius 2 is 1.90 bits per heavy atom. The number of fused-ring (bicyclic) bond motifs is 2. The minimum absolute atomic E-state index is 0.0404. The molecular formula is C46H50ClF2N7O6. The number of hydrogen-bond donors (Lipinski definition) is 4. The Morgan fingerprint density at radius 1 is 1.10 bits per heavy atom. The summed E-state index contributed by atoms with van der Waals surface area (Å²) in [5.41, 5.74) is 7.40. The van der Waals surface area contributed by atoms with Crippen molar-refractivity contribution in [1.29, 1.82) is 0 Å². The van der Waals surface area contributed by atoms with Crippen LogP contribution in [0, 0.1) is 17.6 Å². The highest BCUT2D eigenvalue weighted by Crippen LogP contribution is 2.56. The van der Waals surface area contributed by atoms with Crippen molar-refractivity contribution in [3.8, 4) is 22.6 Å². The van der Waals surface area contributed by atoms with E-state index in [9.17, 15) is 19.5 Å². The first-order valence-corrected chi connectivity index (χ1v) is 21.5. The van der Waals surface area contributed by atoms with Crippen LogP contribution >= 0.6 is 11.6 Å². The second-order valence-electron chi connectivity index (χ2n) is 16.3. The van der Waals surface area contributed by atoms with E-state index in [0.717, 1.165) is 67.3 Å². The second-order valence-corrected chi connectivity index (χ2v) is 16.7. The predicted octanol–water partition coefficient (Wildman–Crippen LogP) is 7.16. The highest BCUT2D eigenvalue weighted by Gasteiger charge is 2.50. The number of aliphatic hydroxyl groups is 1. The lowest BCUT2D eigenvalue weighted by atomic mass is 9.77. The van der Waals surface area contributed by atoms with Crippen molar-refractivity contribution in [3.63, 3.8) is 0 Å². The standard InChI is InChI=1S/C46H50ClF2N7O6/c1-27-37-35(24-32(48)40(47)39(37)38-30(43(50)59)16-17-34(41(38)49)61-23-22-57)62-46(27,29-12-4-3-5-13-29)26-51-19-7-6-10-28-11-9-20-55(25-28)33-15-8-14-31-42(33)54(2)53-44(31)56-21-18-36(58)52-45(56)60/h3-5,8,12-17,24,27-28,51,57H,6-7,9-11,18-23,25-26H2,1-2H3,(H2,50,59)(H,52,58,60). The number of urea groups is 1. The zero-order chi connectivity index (χ0) is 43.7. The molecule has 1 aromatic heterocycles. The van der Waals surface area contributed by atoms with Crippen molar-refractivity contribution >= 4 is 51.9 Å². The molecule has 62 heavy (non-hydrogen) atoms. The van der Waals surface area contributed by atoms with E-state index in [1.54, 1.807) is 0 Å². The number of aromatic nitrogens is 2. The molecule has 0 spiro atoms. The summed E-state index contributed by atoms with van der Waals surface area (Å²) in [4.78, 5) is 41.2. The molecule has 2 saturated heterocycles. The largest absolute Gasteiger partial charge is 0.488 e. The number of imide groups is 1. The van der Waals surface area contributed by atoms with E-state index in [1.165, 1.54) is 23.1 Å². The van der Waals surface area contributed by atoms with Crippen molar-refractivity contribution in [2.45, 2.75) is 57.0 Å². The average Bonchev–Trinajstić information content (AvgIpc) is 3.75. The lowest BCUT2D eigenvalue weighted by Crippen LogP contribution is -2.49. The molecule has 2 fully saturated rings. The van der Waals surface area contributed by atoms with Gasteiger partial charge in [-0.05, 0) is 68.0 Å². The third-order valence-corrected chi connectivity index (χ3v) is 12.8. The number of nitrogens with one attached hydrogen (secondary N) is 2. The first kappa shape index (κ1) is 42.9. The summed E-state index contributed by atoms with van der Waals surface area (Å²) >= 11 is 6.69. The maximum atomic E-state index is 16.4. The number of unbranched alkanes of at least 4 members (excludes halogenated alkanes) is 1. The van der Waals surface area contributed by atoms with Gasteiger partial charge in [0.15, 0.2) is 23.0 Å². The number of nitrogens with two attached hydrogens (primary N) is 1. The number of anilines is 2. The molecule has 5 N–H and O–H groups in total. The number of para-hydroxylation sites is 1. The fourth-order valence-corrected chi connectivity index (χ4v) is 9.73. The zero-order valence-electron chi connectivity index (χ0n) is 34.7. The summed E-state index contributed by atoms with van der Waals surface area (Å²) in [6, 6.07) is 18.9. The van der Waals surface area contributed by atoms with Crippen molar-refractivity contribution in [3.05, 3.63) is 100 Å². The van der Waals surface area contributed by atoms with E-state index < -0.39 is 35.1 Å². The number of primary amides is 1. The van der Waals surface area contributed by atoms with Gasteiger partial charge in [0.05, 0.1) is 28.4 Å². The molecule has 4 heterocycles. The Hall–Kier alpha value is -5.77. The number of amides is 4. The Kier molecular flexibility index (Phi) is 12.4. The van der Waals surface area contributed by atoms with Gasteiger partial charge in [-0.1, -0.05) is 61.3 Å². The summed E-state index contributed by atoms with van der Waals surface area (Å²) in [6.45, 7) is 4.43. The van der Waals surface area contributed by atoms with E-state index in [-0.39, 0.29) is 65.3 Å². The molecule has 3 aliphatic rings. The van der Waals surface area contributed by atoms with Gasteiger partial charge >= 0.3 is 6.03 Å². The molecule has 13 nitrogen and oxygen atoms in total. The molecule has 0 aliphatic carbocycles. The van der Waals surface area contributed by atoms with Crippen LogP contribution in [0.4, 0.5) is 25.1 Å². The number of rotatable bonds is 15. The van der Waals surface area contributed by atoms with Gasteiger partial charge in [-0.15, -0.1) is 0 Å². The van der Waals surface area contributed by atoms with Crippen LogP contribution in [-0.4, -0.2) is 78.7 Å². The minimum atomic E-state index is -1.06. The number of halogens is 3. The second kappa shape index (κ2) is 17.9. The summed E-state index contributed by atoms with van der Waals surface area (Å²) in [5, 5.41) is 20.5. The fourth-order valence-electron chi connectivity index (χ4n) is 9.48. The molecule has 5 aromatic rings. The number of hydrogen-bond acceptors (Lipinski definition) is 9. The Bertz CT molecular complexity index is 2520. The minimum Gasteiger partial charge on any atom is -0.488 e. The monoisotopic (exact) mass is 869 g/mol. The summed E-state index contributed by atoms with van der Waals surface area (Å²) < 4.78 is 46.1. The summed E-state index contributed by atoms with van der Waals surface area (Å²) in [7, 11) is 1.89. The van der Waals surface area contributed by atoms with Gasteiger partial charge in [0.2, 0.25) is 11.8 Å². The van der Waals surface area contributed by atoms with Gasteiger partial charge in [0.1, 0.15) is 18.2 Å². The Balaban J connectivity index is 0.964. The summed E-state index contributed by atoms with van der Waals surface area (Å²) in [6.07, 6.45) is 5.30. The van der Waals surface area contributed by atoms with E-state index in [0.29, 0.717) is 30.4 Å². The van der Waals surface area contributed by atoms with Crippen molar-refractivity contribution in [2.75, 3.05) is 55.7 Å². The van der Waals surface area contributed by atoms with Crippen LogP contribution < -0.4 is 35.6 Å². The summed E-state index contributed by atoms with van der Waals surface area (Å²) in [5.74, 6) is -2.60. The lowest BCUT2D eigenvalue weighted by molar-refractivity contribution is -0.120. The third kappa shape index (κ3) is 7.93. The van der Waals surface area contributed by atoms with Gasteiger partial charge in [-0.2, -0.15) is 5.10 Å². The molecule has 4 amide bonds. The average molecular weight is 870 g/mol. The number of aliphatic hydroxyl groups excluding tert-OH is 1. The van der Waals surface area contributed by atoms with Crippen molar-refractivity contribution in [2.24, 2.45) is 18.7 Å². The quantitative estimate of drug-likeness (QED) is 0.0800. The number of benzene rings is 4. The van der Waals surface area contributed by atoms with Crippen LogP contribution in [0.2, 0.25) is 5.02 Å². The van der Waals surface area contributed by atoms with Crippen molar-refractivity contribution in [1.82, 2.24) is 20.4 Å². The SMILES string of the molecule is CC1c2c(cc(F)c(Cl)c2-c2c(C(N)=O)ccc(OCCO)c2F)OC1(CNCCCCC1CCCN(c2cccc3c(N4CCC(=O)NC4=O)nn(C)c23)C1)c1ccccc1. The first-order chi connectivity index (χ1) is 29.9. The van der Waals surface area contributed by atoms with Gasteiger partial charge in [-0.3, -0.25) is 24.5 Å². The van der Waals surface area contributed by atoms with E-state index >= 15 is 8.78 Å². The van der Waals surface area contributed by atoms with Gasteiger partial charge in [0.25, 0.3) is 0 Å². The topological polar surface area (TPSA) is 164 Å². The Labute approximate surface area is 363 Å². The van der Waals surface area contributed by atoms with Crippen molar-refractivity contribution < 1.29 is 37.7 Å². The third-order valence-electron chi connectivity index (χ3n) is 12.5. The number of carbonyl (C=O) groups excluding carboxylic acids is 3. The molecule has 4 aromatic carbocycles. The maximum Gasteiger partial charge on any atom is 0.329 e. The van der Waals surface area contributed by atoms with E-state index in [2.05, 4.69) is 21.6 Å². The van der Waals surface area contributed by atoms with Crippen LogP contribution in [0.3, 0.4) is 0 Å². The molecule has 3 atom stereocenters. The van der Waals surface area contributed by atoms with Gasteiger partial charge < -0.3 is 30.5 Å². The number of carbonyl (C=O) groups is 3. The fraction of sp³-hybridized carbons (Fsp3) is 0.391. The molecule has 0 radical (unpaired) electrons. The molecule has 326 valence electrons. The zero-order valence-corrected chi connectivity index (χ0v) is 35.4. The van der Waals surface area contributed by atoms with E-state index in [1.807, 2.05) is 61.1 Å². The predicted molar refractivity (Wildman–Crippen MR) is 233 cm³/mol. The molecule has 0 bridgehead atoms. The van der Waals surface area contributed by atoms with Gasteiger partial charge in [0, 0.05) is 73.7 Å². The van der Waals surface area contributed by atoms with Gasteiger partial charge in [-0.25, -0.2) is 13.6 Å². The molecular weight excluding hydrogens is 820 g/mol. The normalized spacial score (nSPS) is 20.0. The highest BCUT2D eigenvalue weighted by atomic mass is 35.5. The Morgan fingerprint density at radius 3 is 2.66 bits per heavy atom. The van der Waals surface area contributed by atoms with Crippen LogP contribution in [0.1, 0.15) is 72.9 Å². The van der Waals surface area contributed by atoms with Crippen LogP contribution in [0.25, 0.3) is 22.0 Å². The van der Waals surface area contributed by atoms with Crippen LogP contribution in [-0.2, 0) is 17.4 Å². The molecule has 3 unspecified atom stereocenters. The highest BCUT2D eigenvalue weighted by molar-refractivity contribution is 6.34. The number of ether oxygens (including phenoxy) is 2. The number of nitrogens with zero attached hydrogens (tertiary/aromatic N) is 4. The maximum absolute atomic E-state index is 16.4. The lowest BCUT2D eigenvalue weighted by Gasteiger charge is -2.35. The van der Waals surface area contributed by atoms with Crippen LogP contribution in [0.5, 0.6) is 11.5 Å². The number of aryl methyl sites for hydroxylation is 1. The molecule has 0 saturated carbocycles. The van der Waals surface area contributed by atoms with E-state index in [4.69, 9.17) is 31.9 Å². The molecule has 16 heteroatoms. The molecule has 8 rings (SSSR count). The number of piperidine rings is 1. The smallest absolute Gasteiger partial charge is 0.329 e. The molecule has 3 aliphatic heterocycles.